The van der Waals surface area contributed by atoms with E-state index in [1.165, 1.54) is 12.1 Å². The molecule has 104 valence electrons. The van der Waals surface area contributed by atoms with Gasteiger partial charge < -0.3 is 10.4 Å². The van der Waals surface area contributed by atoms with E-state index in [0.717, 1.165) is 0 Å². The molecular formula is C12H15BrN2O4. The molecule has 0 aliphatic carbocycles. The van der Waals surface area contributed by atoms with Gasteiger partial charge in [-0.25, -0.2) is 4.79 Å². The fraction of sp³-hybridized carbons (Fsp3) is 0.417. The van der Waals surface area contributed by atoms with Gasteiger partial charge in [0, 0.05) is 10.5 Å². The molecule has 1 aromatic rings. The highest BCUT2D eigenvalue weighted by molar-refractivity contribution is 9.10. The van der Waals surface area contributed by atoms with Gasteiger partial charge in [0.15, 0.2) is 0 Å². The van der Waals surface area contributed by atoms with Gasteiger partial charge in [0.2, 0.25) is 0 Å². The summed E-state index contributed by atoms with van der Waals surface area (Å²) in [6.07, 6.45) is 0.651. The Hall–Kier alpha value is -1.63. The fourth-order valence-electron chi connectivity index (χ4n) is 1.80. The van der Waals surface area contributed by atoms with Crippen molar-refractivity contribution in [3.05, 3.63) is 32.8 Å². The first-order valence-corrected chi connectivity index (χ1v) is 6.61. The summed E-state index contributed by atoms with van der Waals surface area (Å²) in [5.41, 5.74) is -1.14. The lowest BCUT2D eigenvalue weighted by Crippen LogP contribution is -2.45. The molecule has 0 unspecified atom stereocenters. The van der Waals surface area contributed by atoms with Crippen LogP contribution in [-0.4, -0.2) is 21.5 Å². The highest BCUT2D eigenvalue weighted by Gasteiger charge is 2.36. The highest BCUT2D eigenvalue weighted by atomic mass is 79.9. The van der Waals surface area contributed by atoms with Crippen LogP contribution in [0, 0.1) is 10.1 Å². The van der Waals surface area contributed by atoms with Crippen LogP contribution in [0.2, 0.25) is 0 Å². The summed E-state index contributed by atoms with van der Waals surface area (Å²) in [5, 5.41) is 23.1. The molecule has 2 N–H and O–H groups in total. The number of nitro benzene ring substituents is 1. The maximum absolute atomic E-state index is 11.4. The Morgan fingerprint density at radius 1 is 1.47 bits per heavy atom. The van der Waals surface area contributed by atoms with E-state index in [0.29, 0.717) is 17.3 Å². The number of rotatable bonds is 6. The number of nitro groups is 1. The minimum atomic E-state index is -1.20. The molecule has 0 radical (unpaired) electrons. The zero-order chi connectivity index (χ0) is 14.6. The van der Waals surface area contributed by atoms with E-state index in [9.17, 15) is 20.0 Å². The smallest absolute Gasteiger partial charge is 0.329 e. The first-order chi connectivity index (χ1) is 8.86. The highest BCUT2D eigenvalue weighted by Crippen LogP contribution is 2.32. The van der Waals surface area contributed by atoms with Crippen molar-refractivity contribution in [2.45, 2.75) is 32.2 Å². The summed E-state index contributed by atoms with van der Waals surface area (Å²) in [5.74, 6) is -1.02. The van der Waals surface area contributed by atoms with Crippen molar-refractivity contribution in [3.63, 3.8) is 0 Å². The van der Waals surface area contributed by atoms with Crippen molar-refractivity contribution >= 4 is 33.3 Å². The van der Waals surface area contributed by atoms with Crippen molar-refractivity contribution in [2.24, 2.45) is 0 Å². The molecule has 6 nitrogen and oxygen atoms in total. The second kappa shape index (κ2) is 6.01. The average Bonchev–Trinajstić information content (AvgIpc) is 2.37. The number of anilines is 1. The van der Waals surface area contributed by atoms with E-state index in [4.69, 9.17) is 0 Å². The maximum atomic E-state index is 11.4. The van der Waals surface area contributed by atoms with Gasteiger partial charge in [-0.2, -0.15) is 0 Å². The predicted octanol–water partition coefficient (Wildman–Crippen LogP) is 3.41. The lowest BCUT2D eigenvalue weighted by Gasteiger charge is -2.29. The molecule has 0 heterocycles. The van der Waals surface area contributed by atoms with Crippen molar-refractivity contribution in [1.29, 1.82) is 0 Å². The van der Waals surface area contributed by atoms with Crippen LogP contribution in [-0.2, 0) is 4.79 Å². The number of aliphatic carboxylic acids is 1. The Bertz CT molecular complexity index is 501. The van der Waals surface area contributed by atoms with Gasteiger partial charge >= 0.3 is 5.97 Å². The minimum absolute atomic E-state index is 0.151. The zero-order valence-corrected chi connectivity index (χ0v) is 12.2. The van der Waals surface area contributed by atoms with Crippen molar-refractivity contribution in [3.8, 4) is 0 Å². The Kier molecular flexibility index (Phi) is 4.88. The van der Waals surface area contributed by atoms with Crippen LogP contribution in [0.1, 0.15) is 26.7 Å². The van der Waals surface area contributed by atoms with Crippen LogP contribution in [0.25, 0.3) is 0 Å². The van der Waals surface area contributed by atoms with Gasteiger partial charge in [-0.05, 0) is 25.0 Å². The lowest BCUT2D eigenvalue weighted by molar-refractivity contribution is -0.384. The zero-order valence-electron chi connectivity index (χ0n) is 10.6. The van der Waals surface area contributed by atoms with Crippen LogP contribution in [0.3, 0.4) is 0 Å². The molecule has 1 aromatic carbocycles. The number of carboxylic acid groups (broad SMARTS) is 1. The van der Waals surface area contributed by atoms with Crippen LogP contribution in [0.4, 0.5) is 11.4 Å². The summed E-state index contributed by atoms with van der Waals surface area (Å²) >= 11 is 3.16. The molecular weight excluding hydrogens is 316 g/mol. The number of halogens is 1. The van der Waals surface area contributed by atoms with Gasteiger partial charge in [0.05, 0.1) is 4.92 Å². The first kappa shape index (κ1) is 15.4. The topological polar surface area (TPSA) is 92.5 Å². The van der Waals surface area contributed by atoms with Gasteiger partial charge in [0.25, 0.3) is 5.69 Å². The third-order valence-electron chi connectivity index (χ3n) is 3.15. The summed E-state index contributed by atoms with van der Waals surface area (Å²) in [4.78, 5) is 21.9. The second-order valence-corrected chi connectivity index (χ2v) is 5.05. The molecule has 0 bridgehead atoms. The molecule has 0 saturated heterocycles. The second-order valence-electron chi connectivity index (χ2n) is 4.14. The standard InChI is InChI=1S/C12H15BrN2O4/c1-3-12(4-2,11(16)17)14-9-6-5-8(13)7-10(9)15(18)19/h5-7,14H,3-4H2,1-2H3,(H,16,17). The van der Waals surface area contributed by atoms with E-state index >= 15 is 0 Å². The number of nitrogens with zero attached hydrogens (tertiary/aromatic N) is 1. The number of benzene rings is 1. The van der Waals surface area contributed by atoms with Crippen LogP contribution >= 0.6 is 15.9 Å². The largest absolute Gasteiger partial charge is 0.480 e. The Morgan fingerprint density at radius 2 is 2.05 bits per heavy atom. The third-order valence-corrected chi connectivity index (χ3v) is 3.64. The van der Waals surface area contributed by atoms with Crippen LogP contribution < -0.4 is 5.32 Å². The van der Waals surface area contributed by atoms with E-state index < -0.39 is 16.4 Å². The summed E-state index contributed by atoms with van der Waals surface area (Å²) < 4.78 is 0.568. The number of nitrogens with one attached hydrogen (secondary N) is 1. The molecule has 0 fully saturated rings. The van der Waals surface area contributed by atoms with Gasteiger partial charge in [-0.15, -0.1) is 0 Å². The summed E-state index contributed by atoms with van der Waals surface area (Å²) in [6, 6.07) is 4.48. The van der Waals surface area contributed by atoms with E-state index in [2.05, 4.69) is 21.2 Å². The number of hydrogen-bond donors (Lipinski definition) is 2. The Balaban J connectivity index is 3.24. The Labute approximate surface area is 119 Å². The Morgan fingerprint density at radius 3 is 2.47 bits per heavy atom. The third kappa shape index (κ3) is 3.23. The summed E-state index contributed by atoms with van der Waals surface area (Å²) in [7, 11) is 0. The summed E-state index contributed by atoms with van der Waals surface area (Å²) in [6.45, 7) is 3.46. The SMILES string of the molecule is CCC(CC)(Nc1ccc(Br)cc1[N+](=O)[O-])C(=O)O. The normalized spacial score (nSPS) is 11.1. The quantitative estimate of drug-likeness (QED) is 0.615. The molecule has 1 rings (SSSR count). The molecule has 0 aliphatic heterocycles. The van der Waals surface area contributed by atoms with Gasteiger partial charge in [0.1, 0.15) is 11.2 Å². The number of carbonyl (C=O) groups is 1. The van der Waals surface area contributed by atoms with E-state index in [1.807, 2.05) is 0 Å². The molecule has 7 heteroatoms. The predicted molar refractivity (Wildman–Crippen MR) is 75.4 cm³/mol. The average molecular weight is 331 g/mol. The maximum Gasteiger partial charge on any atom is 0.329 e. The van der Waals surface area contributed by atoms with Crippen LogP contribution in [0.5, 0.6) is 0 Å². The number of hydrogen-bond acceptors (Lipinski definition) is 4. The molecule has 19 heavy (non-hydrogen) atoms. The molecule has 0 aromatic heterocycles. The lowest BCUT2D eigenvalue weighted by atomic mass is 9.92. The molecule has 0 aliphatic rings. The first-order valence-electron chi connectivity index (χ1n) is 5.81. The molecule has 0 spiro atoms. The van der Waals surface area contributed by atoms with Crippen molar-refractivity contribution in [2.75, 3.05) is 5.32 Å². The number of carboxylic acids is 1. The van der Waals surface area contributed by atoms with Gasteiger partial charge in [-0.1, -0.05) is 29.8 Å². The molecule has 0 atom stereocenters. The van der Waals surface area contributed by atoms with Gasteiger partial charge in [-0.3, -0.25) is 10.1 Å². The van der Waals surface area contributed by atoms with Crippen LogP contribution in [0.15, 0.2) is 22.7 Å². The molecule has 0 amide bonds. The monoisotopic (exact) mass is 330 g/mol. The van der Waals surface area contributed by atoms with Crippen molar-refractivity contribution in [1.82, 2.24) is 0 Å². The van der Waals surface area contributed by atoms with E-state index in [-0.39, 0.29) is 11.4 Å². The molecule has 0 saturated carbocycles. The van der Waals surface area contributed by atoms with E-state index in [1.54, 1.807) is 19.9 Å². The minimum Gasteiger partial charge on any atom is -0.480 e. The fourth-order valence-corrected chi connectivity index (χ4v) is 2.15. The van der Waals surface area contributed by atoms with Crippen molar-refractivity contribution < 1.29 is 14.8 Å².